The SMILES string of the molecule is Cc1nc(C)n(CC(C)NC(=O)OC(C)(C)C)c1C=O. The quantitative estimate of drug-likeness (QED) is 0.859. The predicted octanol–water partition coefficient (Wildman–Crippen LogP) is 2.23. The monoisotopic (exact) mass is 281 g/mol. The van der Waals surface area contributed by atoms with Gasteiger partial charge >= 0.3 is 6.09 Å². The minimum absolute atomic E-state index is 0.171. The Morgan fingerprint density at radius 2 is 2.05 bits per heavy atom. The summed E-state index contributed by atoms with van der Waals surface area (Å²) in [5.41, 5.74) is 0.710. The number of nitrogens with one attached hydrogen (secondary N) is 1. The second kappa shape index (κ2) is 6.07. The van der Waals surface area contributed by atoms with Gasteiger partial charge in [0.05, 0.1) is 5.69 Å². The number of aldehydes is 1. The normalized spacial score (nSPS) is 12.9. The van der Waals surface area contributed by atoms with Crippen molar-refractivity contribution < 1.29 is 14.3 Å². The molecule has 0 aliphatic heterocycles. The van der Waals surface area contributed by atoms with Crippen LogP contribution in [0.2, 0.25) is 0 Å². The molecule has 0 spiro atoms. The van der Waals surface area contributed by atoms with E-state index in [1.54, 1.807) is 11.5 Å². The molecule has 1 N–H and O–H groups in total. The zero-order valence-corrected chi connectivity index (χ0v) is 13.0. The van der Waals surface area contributed by atoms with Gasteiger partial charge in [-0.1, -0.05) is 0 Å². The Labute approximate surface area is 119 Å². The number of hydrogen-bond acceptors (Lipinski definition) is 4. The molecular weight excluding hydrogens is 258 g/mol. The highest BCUT2D eigenvalue weighted by molar-refractivity contribution is 5.74. The first-order valence-electron chi connectivity index (χ1n) is 6.62. The Kier molecular flexibility index (Phi) is 4.92. The standard InChI is InChI=1S/C14H23N3O3/c1-9(15-13(19)20-14(4,5)6)7-17-11(3)16-10(2)12(17)8-18/h8-9H,7H2,1-6H3,(H,15,19). The number of ether oxygens (including phenoxy) is 1. The van der Waals surface area contributed by atoms with E-state index in [4.69, 9.17) is 4.74 Å². The number of alkyl carbamates (subject to hydrolysis) is 1. The van der Waals surface area contributed by atoms with E-state index in [1.165, 1.54) is 0 Å². The molecular formula is C14H23N3O3. The van der Waals surface area contributed by atoms with Crippen molar-refractivity contribution >= 4 is 12.4 Å². The fourth-order valence-corrected chi connectivity index (χ4v) is 1.94. The molecule has 0 aliphatic carbocycles. The molecule has 1 unspecified atom stereocenters. The Morgan fingerprint density at radius 1 is 1.45 bits per heavy atom. The summed E-state index contributed by atoms with van der Waals surface area (Å²) < 4.78 is 6.99. The Hall–Kier alpha value is -1.85. The molecule has 6 nitrogen and oxygen atoms in total. The summed E-state index contributed by atoms with van der Waals surface area (Å²) in [6, 6.07) is -0.171. The number of carbonyl (C=O) groups is 2. The molecule has 0 aliphatic rings. The van der Waals surface area contributed by atoms with Crippen LogP contribution in [0.25, 0.3) is 0 Å². The van der Waals surface area contributed by atoms with Crippen molar-refractivity contribution in [2.24, 2.45) is 0 Å². The summed E-state index contributed by atoms with van der Waals surface area (Å²) in [5, 5.41) is 2.75. The van der Waals surface area contributed by atoms with Gasteiger partial charge in [0, 0.05) is 12.6 Å². The lowest BCUT2D eigenvalue weighted by molar-refractivity contribution is 0.0504. The van der Waals surface area contributed by atoms with Crippen LogP contribution in [0.1, 0.15) is 49.7 Å². The average molecular weight is 281 g/mol. The molecule has 6 heteroatoms. The van der Waals surface area contributed by atoms with Gasteiger partial charge in [-0.2, -0.15) is 0 Å². The smallest absolute Gasteiger partial charge is 0.407 e. The van der Waals surface area contributed by atoms with Gasteiger partial charge in [0.15, 0.2) is 6.29 Å². The van der Waals surface area contributed by atoms with Gasteiger partial charge < -0.3 is 14.6 Å². The maximum absolute atomic E-state index is 11.7. The predicted molar refractivity (Wildman–Crippen MR) is 75.9 cm³/mol. The number of amides is 1. The van der Waals surface area contributed by atoms with Crippen LogP contribution in [0.3, 0.4) is 0 Å². The summed E-state index contributed by atoms with van der Waals surface area (Å²) >= 11 is 0. The van der Waals surface area contributed by atoms with Gasteiger partial charge in [0.2, 0.25) is 0 Å². The molecule has 0 saturated heterocycles. The van der Waals surface area contributed by atoms with Crippen LogP contribution < -0.4 is 5.32 Å². The molecule has 20 heavy (non-hydrogen) atoms. The molecule has 112 valence electrons. The van der Waals surface area contributed by atoms with Gasteiger partial charge in [-0.15, -0.1) is 0 Å². The molecule has 1 heterocycles. The minimum atomic E-state index is -0.529. The van der Waals surface area contributed by atoms with Crippen LogP contribution in [0.15, 0.2) is 0 Å². The lowest BCUT2D eigenvalue weighted by Gasteiger charge is -2.22. The number of rotatable bonds is 4. The van der Waals surface area contributed by atoms with Crippen molar-refractivity contribution in [2.75, 3.05) is 0 Å². The first-order chi connectivity index (χ1) is 9.14. The van der Waals surface area contributed by atoms with Gasteiger partial charge in [-0.05, 0) is 41.5 Å². The largest absolute Gasteiger partial charge is 0.444 e. The second-order valence-corrected chi connectivity index (χ2v) is 5.91. The van der Waals surface area contributed by atoms with Crippen LogP contribution in [0.5, 0.6) is 0 Å². The van der Waals surface area contributed by atoms with Gasteiger partial charge in [0.25, 0.3) is 0 Å². The summed E-state index contributed by atoms with van der Waals surface area (Å²) in [5.74, 6) is 0.752. The third-order valence-electron chi connectivity index (χ3n) is 2.71. The van der Waals surface area contributed by atoms with Gasteiger partial charge in [0.1, 0.15) is 17.1 Å². The van der Waals surface area contributed by atoms with Crippen LogP contribution in [0.4, 0.5) is 4.79 Å². The Bertz CT molecular complexity index is 500. The zero-order chi connectivity index (χ0) is 15.5. The first-order valence-corrected chi connectivity index (χ1v) is 6.62. The number of aromatic nitrogens is 2. The molecule has 0 bridgehead atoms. The van der Waals surface area contributed by atoms with E-state index in [0.29, 0.717) is 17.9 Å². The number of hydrogen-bond donors (Lipinski definition) is 1. The van der Waals surface area contributed by atoms with Crippen molar-refractivity contribution in [2.45, 2.75) is 59.7 Å². The molecule has 1 rings (SSSR count). The van der Waals surface area contributed by atoms with Crippen molar-refractivity contribution in [3.8, 4) is 0 Å². The maximum atomic E-state index is 11.7. The lowest BCUT2D eigenvalue weighted by Crippen LogP contribution is -2.40. The van der Waals surface area contributed by atoms with E-state index in [2.05, 4.69) is 10.3 Å². The highest BCUT2D eigenvalue weighted by atomic mass is 16.6. The van der Waals surface area contributed by atoms with E-state index in [0.717, 1.165) is 12.1 Å². The third kappa shape index (κ3) is 4.36. The maximum Gasteiger partial charge on any atom is 0.407 e. The van der Waals surface area contributed by atoms with Gasteiger partial charge in [-0.25, -0.2) is 9.78 Å². The molecule has 1 amide bonds. The van der Waals surface area contributed by atoms with Crippen molar-refractivity contribution in [1.29, 1.82) is 0 Å². The summed E-state index contributed by atoms with van der Waals surface area (Å²) in [7, 11) is 0. The molecule has 1 aromatic rings. The van der Waals surface area contributed by atoms with Crippen molar-refractivity contribution in [1.82, 2.24) is 14.9 Å². The topological polar surface area (TPSA) is 73.2 Å². The van der Waals surface area contributed by atoms with E-state index in [9.17, 15) is 9.59 Å². The molecule has 1 aromatic heterocycles. The van der Waals surface area contributed by atoms with Crippen LogP contribution in [0, 0.1) is 13.8 Å². The Morgan fingerprint density at radius 3 is 2.55 bits per heavy atom. The average Bonchev–Trinajstić information content (AvgIpc) is 2.50. The number of nitrogens with zero attached hydrogens (tertiary/aromatic N) is 2. The highest BCUT2D eigenvalue weighted by Crippen LogP contribution is 2.10. The third-order valence-corrected chi connectivity index (χ3v) is 2.71. The highest BCUT2D eigenvalue weighted by Gasteiger charge is 2.19. The van der Waals surface area contributed by atoms with E-state index < -0.39 is 11.7 Å². The second-order valence-electron chi connectivity index (χ2n) is 5.91. The van der Waals surface area contributed by atoms with E-state index >= 15 is 0 Å². The van der Waals surface area contributed by atoms with Crippen LogP contribution in [-0.2, 0) is 11.3 Å². The minimum Gasteiger partial charge on any atom is -0.444 e. The molecule has 0 saturated carbocycles. The number of imidazole rings is 1. The first kappa shape index (κ1) is 16.2. The fourth-order valence-electron chi connectivity index (χ4n) is 1.94. The molecule has 1 atom stereocenters. The fraction of sp³-hybridized carbons (Fsp3) is 0.643. The summed E-state index contributed by atoms with van der Waals surface area (Å²) in [4.78, 5) is 27.0. The van der Waals surface area contributed by atoms with Gasteiger partial charge in [-0.3, -0.25) is 4.79 Å². The van der Waals surface area contributed by atoms with Crippen molar-refractivity contribution in [3.63, 3.8) is 0 Å². The number of aryl methyl sites for hydroxylation is 2. The van der Waals surface area contributed by atoms with Crippen molar-refractivity contribution in [3.05, 3.63) is 17.2 Å². The molecule has 0 aromatic carbocycles. The lowest BCUT2D eigenvalue weighted by atomic mass is 10.2. The molecule has 0 fully saturated rings. The molecule has 0 radical (unpaired) electrons. The zero-order valence-electron chi connectivity index (χ0n) is 13.0. The van der Waals surface area contributed by atoms with E-state index in [1.807, 2.05) is 34.6 Å². The summed E-state index contributed by atoms with van der Waals surface area (Å²) in [6.45, 7) is 11.4. The Balaban J connectivity index is 2.70. The van der Waals surface area contributed by atoms with Crippen LogP contribution >= 0.6 is 0 Å². The summed E-state index contributed by atoms with van der Waals surface area (Å²) in [6.07, 6.45) is 0.322. The number of carbonyl (C=O) groups excluding carboxylic acids is 2. The van der Waals surface area contributed by atoms with E-state index in [-0.39, 0.29) is 6.04 Å². The van der Waals surface area contributed by atoms with Crippen LogP contribution in [-0.4, -0.2) is 33.6 Å².